The number of nitrogens with one attached hydrogen (secondary N) is 1. The van der Waals surface area contributed by atoms with Crippen LogP contribution in [-0.2, 0) is 17.8 Å². The molecule has 0 spiro atoms. The van der Waals surface area contributed by atoms with Crippen LogP contribution in [0.5, 0.6) is 0 Å². The van der Waals surface area contributed by atoms with Crippen molar-refractivity contribution in [2.75, 3.05) is 7.05 Å². The third-order valence-electron chi connectivity index (χ3n) is 4.07. The lowest BCUT2D eigenvalue weighted by atomic mass is 10.0. The lowest BCUT2D eigenvalue weighted by Crippen LogP contribution is -2.31. The molecule has 3 aromatic rings. The molecule has 0 aliphatic heterocycles. The van der Waals surface area contributed by atoms with Crippen LogP contribution >= 0.6 is 0 Å². The summed E-state index contributed by atoms with van der Waals surface area (Å²) in [5.41, 5.74) is 0.261. The van der Waals surface area contributed by atoms with Gasteiger partial charge in [0.15, 0.2) is 0 Å². The van der Waals surface area contributed by atoms with Gasteiger partial charge in [0.2, 0.25) is 17.7 Å². The molecule has 8 nitrogen and oxygen atoms in total. The highest BCUT2D eigenvalue weighted by Crippen LogP contribution is 2.22. The van der Waals surface area contributed by atoms with Crippen molar-refractivity contribution in [2.45, 2.75) is 32.7 Å². The summed E-state index contributed by atoms with van der Waals surface area (Å²) in [7, 11) is 1.67. The van der Waals surface area contributed by atoms with Crippen molar-refractivity contribution in [3.05, 3.63) is 52.1 Å². The van der Waals surface area contributed by atoms with E-state index in [4.69, 9.17) is 4.42 Å². The topological polar surface area (TPSA) is 105 Å². The molecule has 0 radical (unpaired) electrons. The summed E-state index contributed by atoms with van der Waals surface area (Å²) in [6.07, 6.45) is 0.647. The standard InChI is InChI=1S/C17H19N5O3/c1-4-13-18-19-14(25-13)9-22(3)17(24)10(2)15-11-7-5-6-8-12(11)16(23)21-20-15/h5-8,10H,4,9H2,1-3H3,(H,21,23)/t10-/m0/s1. The first kappa shape index (κ1) is 16.8. The van der Waals surface area contributed by atoms with E-state index in [2.05, 4.69) is 20.4 Å². The van der Waals surface area contributed by atoms with Crippen LogP contribution in [0.1, 0.15) is 37.2 Å². The van der Waals surface area contributed by atoms with Crippen molar-refractivity contribution >= 4 is 16.7 Å². The second-order valence-electron chi connectivity index (χ2n) is 5.84. The molecule has 2 heterocycles. The zero-order chi connectivity index (χ0) is 18.0. The maximum Gasteiger partial charge on any atom is 0.272 e. The van der Waals surface area contributed by atoms with E-state index in [1.54, 1.807) is 32.2 Å². The summed E-state index contributed by atoms with van der Waals surface area (Å²) in [4.78, 5) is 26.2. The van der Waals surface area contributed by atoms with Crippen molar-refractivity contribution in [1.29, 1.82) is 0 Å². The molecule has 0 saturated carbocycles. The average Bonchev–Trinajstić information content (AvgIpc) is 3.08. The minimum absolute atomic E-state index is 0.152. The Morgan fingerprint density at radius 1 is 1.24 bits per heavy atom. The van der Waals surface area contributed by atoms with Gasteiger partial charge in [-0.25, -0.2) is 5.10 Å². The molecular weight excluding hydrogens is 322 g/mol. The number of aromatic nitrogens is 4. The van der Waals surface area contributed by atoms with Gasteiger partial charge in [-0.15, -0.1) is 10.2 Å². The molecule has 0 unspecified atom stereocenters. The second kappa shape index (κ2) is 6.84. The van der Waals surface area contributed by atoms with Crippen molar-refractivity contribution in [3.63, 3.8) is 0 Å². The molecule has 0 aliphatic carbocycles. The summed E-state index contributed by atoms with van der Waals surface area (Å²) in [5.74, 6) is 0.248. The van der Waals surface area contributed by atoms with E-state index in [1.807, 2.05) is 13.0 Å². The van der Waals surface area contributed by atoms with Gasteiger partial charge in [0.25, 0.3) is 5.56 Å². The zero-order valence-corrected chi connectivity index (χ0v) is 14.3. The maximum atomic E-state index is 12.8. The smallest absolute Gasteiger partial charge is 0.272 e. The molecule has 130 valence electrons. The predicted molar refractivity (Wildman–Crippen MR) is 90.9 cm³/mol. The van der Waals surface area contributed by atoms with Crippen molar-refractivity contribution < 1.29 is 9.21 Å². The number of nitrogens with zero attached hydrogens (tertiary/aromatic N) is 4. The van der Waals surface area contributed by atoms with Gasteiger partial charge in [-0.05, 0) is 13.0 Å². The zero-order valence-electron chi connectivity index (χ0n) is 14.3. The first-order valence-corrected chi connectivity index (χ1v) is 8.04. The van der Waals surface area contributed by atoms with E-state index < -0.39 is 5.92 Å². The van der Waals surface area contributed by atoms with Gasteiger partial charge in [0.1, 0.15) is 0 Å². The van der Waals surface area contributed by atoms with Gasteiger partial charge < -0.3 is 9.32 Å². The van der Waals surface area contributed by atoms with Crippen LogP contribution < -0.4 is 5.56 Å². The molecule has 0 bridgehead atoms. The molecule has 1 amide bonds. The molecule has 0 saturated heterocycles. The van der Waals surface area contributed by atoms with Crippen molar-refractivity contribution in [3.8, 4) is 0 Å². The Labute approximate surface area is 143 Å². The Morgan fingerprint density at radius 2 is 1.92 bits per heavy atom. The van der Waals surface area contributed by atoms with Crippen LogP contribution in [0, 0.1) is 0 Å². The summed E-state index contributed by atoms with van der Waals surface area (Å²) in [5, 5.41) is 15.6. The van der Waals surface area contributed by atoms with E-state index >= 15 is 0 Å². The Kier molecular flexibility index (Phi) is 4.60. The fraction of sp³-hybridized carbons (Fsp3) is 0.353. The summed E-state index contributed by atoms with van der Waals surface area (Å²) >= 11 is 0. The number of aryl methyl sites for hydroxylation is 1. The fourth-order valence-corrected chi connectivity index (χ4v) is 2.69. The third-order valence-corrected chi connectivity index (χ3v) is 4.07. The third kappa shape index (κ3) is 3.28. The lowest BCUT2D eigenvalue weighted by molar-refractivity contribution is -0.132. The number of hydrogen-bond donors (Lipinski definition) is 1. The molecule has 0 aliphatic rings. The van der Waals surface area contributed by atoms with Gasteiger partial charge in [0, 0.05) is 18.9 Å². The maximum absolute atomic E-state index is 12.8. The average molecular weight is 341 g/mol. The summed E-state index contributed by atoms with van der Waals surface area (Å²) in [6.45, 7) is 3.90. The minimum Gasteiger partial charge on any atom is -0.423 e. The van der Waals surface area contributed by atoms with Crippen molar-refractivity contribution in [1.82, 2.24) is 25.3 Å². The monoisotopic (exact) mass is 341 g/mol. The van der Waals surface area contributed by atoms with E-state index in [1.165, 1.54) is 4.90 Å². The number of carbonyl (C=O) groups is 1. The summed E-state index contributed by atoms with van der Waals surface area (Å²) < 4.78 is 5.45. The molecule has 25 heavy (non-hydrogen) atoms. The highest BCUT2D eigenvalue weighted by atomic mass is 16.4. The molecule has 1 atom stereocenters. The Morgan fingerprint density at radius 3 is 2.60 bits per heavy atom. The van der Waals surface area contributed by atoms with Gasteiger partial charge >= 0.3 is 0 Å². The van der Waals surface area contributed by atoms with Gasteiger partial charge in [-0.1, -0.05) is 25.1 Å². The first-order chi connectivity index (χ1) is 12.0. The molecular formula is C17H19N5O3. The van der Waals surface area contributed by atoms with Crippen LogP contribution in [0.15, 0.2) is 33.5 Å². The highest BCUT2D eigenvalue weighted by Gasteiger charge is 2.24. The predicted octanol–water partition coefficient (Wildman–Crippen LogP) is 1.63. The minimum atomic E-state index is -0.527. The first-order valence-electron chi connectivity index (χ1n) is 8.04. The molecule has 3 rings (SSSR count). The van der Waals surface area contributed by atoms with Crippen LogP contribution in [0.4, 0.5) is 0 Å². The van der Waals surface area contributed by atoms with Gasteiger partial charge in [-0.2, -0.15) is 5.10 Å². The SMILES string of the molecule is CCc1nnc(CN(C)C(=O)[C@@H](C)c2n[nH]c(=O)c3ccccc23)o1. The quantitative estimate of drug-likeness (QED) is 0.756. The molecule has 0 fully saturated rings. The number of benzene rings is 1. The number of rotatable bonds is 5. The molecule has 1 N–H and O–H groups in total. The number of likely N-dealkylation sites (N-methyl/N-ethyl adjacent to an activating group) is 1. The molecule has 8 heteroatoms. The van der Waals surface area contributed by atoms with Crippen molar-refractivity contribution in [2.24, 2.45) is 0 Å². The van der Waals surface area contributed by atoms with Gasteiger partial charge in [0.05, 0.1) is 23.5 Å². The lowest BCUT2D eigenvalue weighted by Gasteiger charge is -2.20. The van der Waals surface area contributed by atoms with E-state index in [-0.39, 0.29) is 18.0 Å². The number of aromatic amines is 1. The highest BCUT2D eigenvalue weighted by molar-refractivity contribution is 5.90. The molecule has 2 aromatic heterocycles. The van der Waals surface area contributed by atoms with Gasteiger partial charge in [-0.3, -0.25) is 9.59 Å². The largest absolute Gasteiger partial charge is 0.423 e. The number of fused-ring (bicyclic) bond motifs is 1. The Bertz CT molecular complexity index is 962. The van der Waals surface area contributed by atoms with Crippen LogP contribution in [0.3, 0.4) is 0 Å². The Hall–Kier alpha value is -3.03. The number of carbonyl (C=O) groups excluding carboxylic acids is 1. The normalized spacial score (nSPS) is 12.3. The Balaban J connectivity index is 1.85. The van der Waals surface area contributed by atoms with Crippen LogP contribution in [-0.4, -0.2) is 38.2 Å². The number of amides is 1. The van der Waals surface area contributed by atoms with Crippen LogP contribution in [0.2, 0.25) is 0 Å². The van der Waals surface area contributed by atoms with E-state index in [0.717, 1.165) is 0 Å². The number of hydrogen-bond acceptors (Lipinski definition) is 6. The van der Waals surface area contributed by atoms with Crippen LogP contribution in [0.25, 0.3) is 10.8 Å². The van der Waals surface area contributed by atoms with E-state index in [0.29, 0.717) is 34.7 Å². The van der Waals surface area contributed by atoms with E-state index in [9.17, 15) is 9.59 Å². The molecule has 1 aromatic carbocycles. The number of H-pyrrole nitrogens is 1. The summed E-state index contributed by atoms with van der Waals surface area (Å²) in [6, 6.07) is 7.10. The second-order valence-corrected chi connectivity index (χ2v) is 5.84. The fourth-order valence-electron chi connectivity index (χ4n) is 2.69.